The number of rotatable bonds is 4. The average molecular weight is 257 g/mol. The Morgan fingerprint density at radius 1 is 1.42 bits per heavy atom. The molecule has 0 saturated carbocycles. The fraction of sp³-hybridized carbons (Fsp3) is 0.231. The summed E-state index contributed by atoms with van der Waals surface area (Å²) in [5.41, 5.74) is 2.78. The quantitative estimate of drug-likeness (QED) is 0.846. The van der Waals surface area contributed by atoms with Crippen LogP contribution in [0.5, 0.6) is 0 Å². The van der Waals surface area contributed by atoms with Gasteiger partial charge in [-0.15, -0.1) is 11.7 Å². The highest BCUT2D eigenvalue weighted by Crippen LogP contribution is 2.10. The van der Waals surface area contributed by atoms with E-state index in [0.717, 1.165) is 11.1 Å². The van der Waals surface area contributed by atoms with E-state index in [9.17, 15) is 4.79 Å². The molecule has 0 radical (unpaired) electrons. The van der Waals surface area contributed by atoms with E-state index in [1.54, 1.807) is 12.1 Å². The van der Waals surface area contributed by atoms with Crippen LogP contribution in [0.2, 0.25) is 0 Å². The van der Waals surface area contributed by atoms with Crippen LogP contribution < -0.4 is 5.32 Å². The lowest BCUT2D eigenvalue weighted by Crippen LogP contribution is -2.13. The van der Waals surface area contributed by atoms with Crippen molar-refractivity contribution in [2.24, 2.45) is 0 Å². The fourth-order valence-electron chi connectivity index (χ4n) is 1.54. The molecule has 19 heavy (non-hydrogen) atoms. The van der Waals surface area contributed by atoms with Crippen LogP contribution >= 0.6 is 0 Å². The van der Waals surface area contributed by atoms with Gasteiger partial charge in [-0.05, 0) is 42.3 Å². The monoisotopic (exact) mass is 257 g/mol. The number of aromatic nitrogens is 4. The van der Waals surface area contributed by atoms with Gasteiger partial charge < -0.3 is 0 Å². The third-order valence-electron chi connectivity index (χ3n) is 2.74. The highest BCUT2D eigenvalue weighted by Gasteiger charge is 2.10. The van der Waals surface area contributed by atoms with Gasteiger partial charge in [-0.1, -0.05) is 17.2 Å². The molecule has 0 atom stereocenters. The van der Waals surface area contributed by atoms with Crippen LogP contribution in [0.25, 0.3) is 0 Å². The van der Waals surface area contributed by atoms with E-state index in [1.165, 1.54) is 4.80 Å². The minimum absolute atomic E-state index is 0.185. The SMILES string of the molecule is C=CCn1nnc(NC(=O)c2ccc(C)c(C)c2)n1. The van der Waals surface area contributed by atoms with Crippen molar-refractivity contribution in [1.82, 2.24) is 20.2 Å². The number of carbonyl (C=O) groups excluding carboxylic acids is 1. The van der Waals surface area contributed by atoms with Crippen molar-refractivity contribution in [3.8, 4) is 0 Å². The summed E-state index contributed by atoms with van der Waals surface area (Å²) in [6, 6.07) is 5.51. The van der Waals surface area contributed by atoms with E-state index in [-0.39, 0.29) is 11.9 Å². The van der Waals surface area contributed by atoms with Crippen molar-refractivity contribution < 1.29 is 4.79 Å². The molecule has 1 heterocycles. The Balaban J connectivity index is 2.11. The van der Waals surface area contributed by atoms with Crippen molar-refractivity contribution in [2.75, 3.05) is 5.32 Å². The second-order valence-electron chi connectivity index (χ2n) is 4.21. The van der Waals surface area contributed by atoms with E-state index >= 15 is 0 Å². The van der Waals surface area contributed by atoms with Gasteiger partial charge in [0, 0.05) is 5.56 Å². The Hall–Kier alpha value is -2.50. The predicted octanol–water partition coefficient (Wildman–Crippen LogP) is 1.73. The van der Waals surface area contributed by atoms with Gasteiger partial charge >= 0.3 is 0 Å². The molecule has 1 aromatic heterocycles. The molecule has 0 aliphatic rings. The molecule has 0 aliphatic heterocycles. The Morgan fingerprint density at radius 2 is 2.21 bits per heavy atom. The zero-order chi connectivity index (χ0) is 13.8. The van der Waals surface area contributed by atoms with Crippen LogP contribution in [0, 0.1) is 13.8 Å². The fourth-order valence-corrected chi connectivity index (χ4v) is 1.54. The molecule has 1 N–H and O–H groups in total. The number of nitrogens with one attached hydrogen (secondary N) is 1. The summed E-state index contributed by atoms with van der Waals surface area (Å²) in [6.07, 6.45) is 1.65. The smallest absolute Gasteiger partial charge is 0.270 e. The highest BCUT2D eigenvalue weighted by molar-refractivity contribution is 6.03. The first-order chi connectivity index (χ1) is 9.10. The van der Waals surface area contributed by atoms with Gasteiger partial charge in [-0.3, -0.25) is 10.1 Å². The number of benzene rings is 1. The molecule has 6 heteroatoms. The molecule has 0 unspecified atom stereocenters. The zero-order valence-electron chi connectivity index (χ0n) is 10.9. The normalized spacial score (nSPS) is 10.2. The zero-order valence-corrected chi connectivity index (χ0v) is 10.9. The number of allylic oxidation sites excluding steroid dienone is 1. The van der Waals surface area contributed by atoms with Crippen LogP contribution in [-0.2, 0) is 6.54 Å². The molecule has 0 spiro atoms. The van der Waals surface area contributed by atoms with Gasteiger partial charge in [0.25, 0.3) is 11.9 Å². The second-order valence-corrected chi connectivity index (χ2v) is 4.21. The summed E-state index contributed by atoms with van der Waals surface area (Å²) in [4.78, 5) is 13.3. The first-order valence-electron chi connectivity index (χ1n) is 5.87. The molecule has 2 rings (SSSR count). The Morgan fingerprint density at radius 3 is 2.89 bits per heavy atom. The summed E-state index contributed by atoms with van der Waals surface area (Å²) in [7, 11) is 0. The maximum absolute atomic E-state index is 12.0. The van der Waals surface area contributed by atoms with Crippen LogP contribution in [0.15, 0.2) is 30.9 Å². The number of anilines is 1. The lowest BCUT2D eigenvalue weighted by Gasteiger charge is -2.04. The first-order valence-corrected chi connectivity index (χ1v) is 5.87. The van der Waals surface area contributed by atoms with E-state index in [4.69, 9.17) is 0 Å². The summed E-state index contributed by atoms with van der Waals surface area (Å²) >= 11 is 0. The van der Waals surface area contributed by atoms with Gasteiger partial charge in [-0.2, -0.15) is 4.80 Å². The lowest BCUT2D eigenvalue weighted by molar-refractivity contribution is 0.102. The number of hydrogen-bond acceptors (Lipinski definition) is 4. The first kappa shape index (κ1) is 12.9. The van der Waals surface area contributed by atoms with E-state index in [0.29, 0.717) is 12.1 Å². The summed E-state index contributed by atoms with van der Waals surface area (Å²) in [5.74, 6) is -0.0636. The molecule has 98 valence electrons. The lowest BCUT2D eigenvalue weighted by atomic mass is 10.1. The van der Waals surface area contributed by atoms with Gasteiger partial charge in [0.2, 0.25) is 0 Å². The molecule has 0 fully saturated rings. The molecule has 6 nitrogen and oxygen atoms in total. The summed E-state index contributed by atoms with van der Waals surface area (Å²) < 4.78 is 0. The number of amides is 1. The van der Waals surface area contributed by atoms with Crippen molar-refractivity contribution in [2.45, 2.75) is 20.4 Å². The molecule has 2 aromatic rings. The molecule has 1 aromatic carbocycles. The average Bonchev–Trinajstić information content (AvgIpc) is 2.80. The maximum atomic E-state index is 12.0. The van der Waals surface area contributed by atoms with Crippen molar-refractivity contribution in [3.63, 3.8) is 0 Å². The van der Waals surface area contributed by atoms with E-state index in [1.807, 2.05) is 26.0 Å². The molecular formula is C13H15N5O. The number of aryl methyl sites for hydroxylation is 2. The van der Waals surface area contributed by atoms with E-state index in [2.05, 4.69) is 27.3 Å². The van der Waals surface area contributed by atoms with E-state index < -0.39 is 0 Å². The minimum atomic E-state index is -0.249. The molecule has 0 aliphatic carbocycles. The van der Waals surface area contributed by atoms with Crippen LogP contribution in [0.1, 0.15) is 21.5 Å². The number of hydrogen-bond donors (Lipinski definition) is 1. The molecule has 0 bridgehead atoms. The number of nitrogens with zero attached hydrogens (tertiary/aromatic N) is 4. The van der Waals surface area contributed by atoms with Crippen molar-refractivity contribution in [3.05, 3.63) is 47.5 Å². The maximum Gasteiger partial charge on any atom is 0.270 e. The van der Waals surface area contributed by atoms with Gasteiger partial charge in [-0.25, -0.2) is 0 Å². The minimum Gasteiger partial charge on any atom is -0.288 e. The molecular weight excluding hydrogens is 242 g/mol. The van der Waals surface area contributed by atoms with Gasteiger partial charge in [0.15, 0.2) is 0 Å². The predicted molar refractivity (Wildman–Crippen MR) is 71.9 cm³/mol. The van der Waals surface area contributed by atoms with Crippen LogP contribution in [0.4, 0.5) is 5.95 Å². The molecule has 0 saturated heterocycles. The van der Waals surface area contributed by atoms with Crippen molar-refractivity contribution >= 4 is 11.9 Å². The topological polar surface area (TPSA) is 72.7 Å². The third kappa shape index (κ3) is 3.04. The van der Waals surface area contributed by atoms with Gasteiger partial charge in [0.1, 0.15) is 0 Å². The summed E-state index contributed by atoms with van der Waals surface area (Å²) in [6.45, 7) is 7.99. The second kappa shape index (κ2) is 5.43. The van der Waals surface area contributed by atoms with Gasteiger partial charge in [0.05, 0.1) is 6.54 Å². The van der Waals surface area contributed by atoms with Crippen molar-refractivity contribution in [1.29, 1.82) is 0 Å². The standard InChI is InChI=1S/C13H15N5O/c1-4-7-18-16-13(15-17-18)14-12(19)11-6-5-9(2)10(3)8-11/h4-6,8H,1,7H2,2-3H3,(H,14,16,19). The van der Waals surface area contributed by atoms with Crippen LogP contribution in [0.3, 0.4) is 0 Å². The summed E-state index contributed by atoms with van der Waals surface area (Å²) in [5, 5.41) is 14.1. The highest BCUT2D eigenvalue weighted by atomic mass is 16.1. The number of tetrazole rings is 1. The Kier molecular flexibility index (Phi) is 3.70. The largest absolute Gasteiger partial charge is 0.288 e. The number of carbonyl (C=O) groups is 1. The molecule has 1 amide bonds. The Bertz CT molecular complexity index is 617. The third-order valence-corrected chi connectivity index (χ3v) is 2.74. The Labute approximate surface area is 111 Å². The van der Waals surface area contributed by atoms with Crippen LogP contribution in [-0.4, -0.2) is 26.1 Å².